The third kappa shape index (κ3) is 4.03. The summed E-state index contributed by atoms with van der Waals surface area (Å²) in [7, 11) is 0. The predicted molar refractivity (Wildman–Crippen MR) is 120 cm³/mol. The van der Waals surface area contributed by atoms with E-state index in [0.29, 0.717) is 55.9 Å². The molecule has 2 aromatic rings. The minimum atomic E-state index is -0.592. The van der Waals surface area contributed by atoms with E-state index in [1.807, 2.05) is 18.7 Å². The quantitative estimate of drug-likeness (QED) is 0.624. The topological polar surface area (TPSA) is 118 Å². The maximum absolute atomic E-state index is 13.3. The minimum absolute atomic E-state index is 0.0457. The SMILES string of the molecule is CC(C)Cn1c(=O)c(C(=O)NC2CC2)c(O)n2ncc(/C=C/C(=O)N3C[C@H]4COC[C@H]4C3)c12. The molecule has 0 bridgehead atoms. The molecule has 3 aliphatic rings. The molecule has 2 aliphatic heterocycles. The van der Waals surface area contributed by atoms with Crippen LogP contribution in [0.2, 0.25) is 0 Å². The van der Waals surface area contributed by atoms with E-state index >= 15 is 0 Å². The molecule has 176 valence electrons. The van der Waals surface area contributed by atoms with Gasteiger partial charge in [0.25, 0.3) is 11.5 Å². The van der Waals surface area contributed by atoms with E-state index in [2.05, 4.69) is 10.4 Å². The van der Waals surface area contributed by atoms with E-state index in [9.17, 15) is 19.5 Å². The molecule has 10 nitrogen and oxygen atoms in total. The Balaban J connectivity index is 1.49. The van der Waals surface area contributed by atoms with Crippen molar-refractivity contribution in [2.45, 2.75) is 39.3 Å². The number of hydrogen-bond donors (Lipinski definition) is 2. The van der Waals surface area contributed by atoms with Crippen molar-refractivity contribution in [1.29, 1.82) is 0 Å². The normalized spacial score (nSPS) is 22.6. The molecule has 0 spiro atoms. The Hall–Kier alpha value is -3.14. The van der Waals surface area contributed by atoms with Crippen LogP contribution < -0.4 is 10.9 Å². The third-order valence-corrected chi connectivity index (χ3v) is 6.55. The van der Waals surface area contributed by atoms with Crippen LogP contribution in [0, 0.1) is 17.8 Å². The number of rotatable bonds is 6. The highest BCUT2D eigenvalue weighted by Gasteiger charge is 2.38. The molecular weight excluding hydrogens is 426 g/mol. The van der Waals surface area contributed by atoms with Crippen molar-refractivity contribution in [2.75, 3.05) is 26.3 Å². The Kier molecular flexibility index (Phi) is 5.48. The fourth-order valence-corrected chi connectivity index (χ4v) is 4.68. The van der Waals surface area contributed by atoms with Crippen LogP contribution in [0.5, 0.6) is 5.88 Å². The first kappa shape index (κ1) is 21.7. The molecule has 0 radical (unpaired) electrons. The van der Waals surface area contributed by atoms with Gasteiger partial charge in [-0.2, -0.15) is 9.61 Å². The summed E-state index contributed by atoms with van der Waals surface area (Å²) in [5.74, 6) is -0.293. The van der Waals surface area contributed by atoms with Crippen LogP contribution in [0.3, 0.4) is 0 Å². The number of fused-ring (bicyclic) bond motifs is 2. The molecule has 0 unspecified atom stereocenters. The Labute approximate surface area is 190 Å². The lowest BCUT2D eigenvalue weighted by molar-refractivity contribution is -0.125. The van der Waals surface area contributed by atoms with E-state index < -0.39 is 17.3 Å². The second-order valence-corrected chi connectivity index (χ2v) is 9.73. The van der Waals surface area contributed by atoms with Gasteiger partial charge in [-0.25, -0.2) is 0 Å². The van der Waals surface area contributed by atoms with E-state index in [1.165, 1.54) is 21.4 Å². The lowest BCUT2D eigenvalue weighted by Gasteiger charge is -2.16. The molecule has 10 heteroatoms. The summed E-state index contributed by atoms with van der Waals surface area (Å²) >= 11 is 0. The van der Waals surface area contributed by atoms with Gasteiger partial charge >= 0.3 is 0 Å². The number of nitrogens with zero attached hydrogens (tertiary/aromatic N) is 4. The van der Waals surface area contributed by atoms with Crippen molar-refractivity contribution >= 4 is 23.5 Å². The molecule has 1 aliphatic carbocycles. The zero-order valence-electron chi connectivity index (χ0n) is 18.9. The fourth-order valence-electron chi connectivity index (χ4n) is 4.68. The molecular formula is C23H29N5O5. The number of carbonyl (C=O) groups excluding carboxylic acids is 2. The van der Waals surface area contributed by atoms with Crippen molar-refractivity contribution in [3.05, 3.63) is 33.8 Å². The highest BCUT2D eigenvalue weighted by Crippen LogP contribution is 2.29. The molecule has 1 saturated carbocycles. The molecule has 2 amide bonds. The Morgan fingerprint density at radius 3 is 2.61 bits per heavy atom. The maximum atomic E-state index is 13.3. The molecule has 3 fully saturated rings. The molecule has 2 saturated heterocycles. The Morgan fingerprint density at radius 1 is 1.27 bits per heavy atom. The first-order valence-corrected chi connectivity index (χ1v) is 11.5. The number of likely N-dealkylation sites (tertiary alicyclic amines) is 1. The minimum Gasteiger partial charge on any atom is -0.492 e. The van der Waals surface area contributed by atoms with Crippen molar-refractivity contribution in [1.82, 2.24) is 24.4 Å². The lowest BCUT2D eigenvalue weighted by atomic mass is 10.0. The molecule has 2 N–H and O–H groups in total. The zero-order valence-corrected chi connectivity index (χ0v) is 18.9. The molecule has 33 heavy (non-hydrogen) atoms. The van der Waals surface area contributed by atoms with Gasteiger partial charge in [0.05, 0.1) is 19.4 Å². The monoisotopic (exact) mass is 455 g/mol. The fraction of sp³-hybridized carbons (Fsp3) is 0.565. The number of nitrogens with one attached hydrogen (secondary N) is 1. The molecule has 0 aromatic carbocycles. The Bertz CT molecular complexity index is 1180. The van der Waals surface area contributed by atoms with Gasteiger partial charge in [0.2, 0.25) is 11.8 Å². The van der Waals surface area contributed by atoms with E-state index in [4.69, 9.17) is 4.74 Å². The van der Waals surface area contributed by atoms with Gasteiger partial charge in [0, 0.05) is 49.2 Å². The van der Waals surface area contributed by atoms with Crippen molar-refractivity contribution in [2.24, 2.45) is 17.8 Å². The number of hydrogen-bond acceptors (Lipinski definition) is 6. The summed E-state index contributed by atoms with van der Waals surface area (Å²) in [5.41, 5.74) is -0.00512. The number of carbonyl (C=O) groups is 2. The maximum Gasteiger partial charge on any atom is 0.270 e. The largest absolute Gasteiger partial charge is 0.492 e. The van der Waals surface area contributed by atoms with Gasteiger partial charge < -0.3 is 20.1 Å². The first-order chi connectivity index (χ1) is 15.8. The van der Waals surface area contributed by atoms with Crippen LogP contribution in [-0.4, -0.2) is 68.3 Å². The van der Waals surface area contributed by atoms with Crippen LogP contribution in [0.15, 0.2) is 17.1 Å². The lowest BCUT2D eigenvalue weighted by Crippen LogP contribution is -2.36. The summed E-state index contributed by atoms with van der Waals surface area (Å²) in [5, 5.41) is 17.7. The molecule has 2 atom stereocenters. The van der Waals surface area contributed by atoms with Gasteiger partial charge in [-0.05, 0) is 24.8 Å². The van der Waals surface area contributed by atoms with Crippen LogP contribution >= 0.6 is 0 Å². The summed E-state index contributed by atoms with van der Waals surface area (Å²) in [4.78, 5) is 40.5. The molecule has 2 aromatic heterocycles. The van der Waals surface area contributed by atoms with Gasteiger partial charge in [-0.3, -0.25) is 19.0 Å². The number of ether oxygens (including phenoxy) is 1. The van der Waals surface area contributed by atoms with Crippen LogP contribution in [-0.2, 0) is 16.1 Å². The van der Waals surface area contributed by atoms with E-state index in [0.717, 1.165) is 12.8 Å². The summed E-state index contributed by atoms with van der Waals surface area (Å²) in [6.45, 7) is 7.02. The van der Waals surface area contributed by atoms with Gasteiger partial charge in [-0.1, -0.05) is 13.8 Å². The second-order valence-electron chi connectivity index (χ2n) is 9.73. The molecule has 4 heterocycles. The number of aromatic hydroxyl groups is 1. The van der Waals surface area contributed by atoms with Crippen LogP contribution in [0.1, 0.15) is 42.6 Å². The van der Waals surface area contributed by atoms with Crippen LogP contribution in [0.25, 0.3) is 11.7 Å². The van der Waals surface area contributed by atoms with Crippen molar-refractivity contribution in [3.63, 3.8) is 0 Å². The average Bonchev–Trinajstić information content (AvgIpc) is 3.13. The number of aromatic nitrogens is 3. The van der Waals surface area contributed by atoms with Crippen molar-refractivity contribution in [3.8, 4) is 5.88 Å². The summed E-state index contributed by atoms with van der Waals surface area (Å²) < 4.78 is 8.13. The van der Waals surface area contributed by atoms with Gasteiger partial charge in [-0.15, -0.1) is 0 Å². The van der Waals surface area contributed by atoms with Crippen LogP contribution in [0.4, 0.5) is 0 Å². The smallest absolute Gasteiger partial charge is 0.270 e. The van der Waals surface area contributed by atoms with Gasteiger partial charge in [0.1, 0.15) is 5.65 Å². The average molecular weight is 456 g/mol. The zero-order chi connectivity index (χ0) is 23.3. The highest BCUT2D eigenvalue weighted by atomic mass is 16.5. The van der Waals surface area contributed by atoms with E-state index in [1.54, 1.807) is 6.08 Å². The predicted octanol–water partition coefficient (Wildman–Crippen LogP) is 0.868. The molecule has 5 rings (SSSR count). The third-order valence-electron chi connectivity index (χ3n) is 6.55. The number of amides is 2. The second kappa shape index (κ2) is 8.33. The van der Waals surface area contributed by atoms with E-state index in [-0.39, 0.29) is 23.4 Å². The summed E-state index contributed by atoms with van der Waals surface area (Å²) in [6, 6.07) is 0.0457. The Morgan fingerprint density at radius 2 is 1.97 bits per heavy atom. The summed E-state index contributed by atoms with van der Waals surface area (Å²) in [6.07, 6.45) is 6.32. The standard InChI is InChI=1S/C23H29N5O5/c1-13(2)8-27-21-14(3-6-18(29)26-9-15-11-33-12-16(15)10-26)7-24-28(21)23(32)19(22(27)31)20(30)25-17-4-5-17/h3,6-7,13,15-17,32H,4-5,8-12H2,1-2H3,(H,25,30)/b6-3+/t15-,16+. The highest BCUT2D eigenvalue weighted by molar-refractivity contribution is 5.97. The van der Waals surface area contributed by atoms with Crippen molar-refractivity contribution < 1.29 is 19.4 Å². The van der Waals surface area contributed by atoms with Gasteiger partial charge in [0.15, 0.2) is 5.56 Å². The first-order valence-electron chi connectivity index (χ1n) is 11.5.